The summed E-state index contributed by atoms with van der Waals surface area (Å²) in [4.78, 5) is 0. The van der Waals surface area contributed by atoms with Crippen molar-refractivity contribution in [3.05, 3.63) is 75.8 Å². The third-order valence-electron chi connectivity index (χ3n) is 4.37. The smallest absolute Gasteiger partial charge is 0.0216 e. The van der Waals surface area contributed by atoms with Gasteiger partial charge in [-0.2, -0.15) is 0 Å². The predicted octanol–water partition coefficient (Wildman–Crippen LogP) is 6.15. The molecule has 0 saturated carbocycles. The van der Waals surface area contributed by atoms with Crippen LogP contribution in [0.5, 0.6) is 0 Å². The highest BCUT2D eigenvalue weighted by molar-refractivity contribution is 9.10. The Morgan fingerprint density at radius 2 is 1.76 bits per heavy atom. The fourth-order valence-electron chi connectivity index (χ4n) is 3.26. The van der Waals surface area contributed by atoms with Crippen LogP contribution in [0.25, 0.3) is 28.0 Å². The molecule has 0 unspecified atom stereocenters. The molecule has 0 fully saturated rings. The van der Waals surface area contributed by atoms with Crippen molar-refractivity contribution in [3.63, 3.8) is 0 Å². The molecule has 1 aliphatic rings. The second kappa shape index (κ2) is 4.85. The highest BCUT2D eigenvalue weighted by Gasteiger charge is 2.17. The van der Waals surface area contributed by atoms with E-state index >= 15 is 0 Å². The maximum absolute atomic E-state index is 3.73. The molecular weight excluding hydrogens is 320 g/mol. The molecule has 0 N–H and O–H groups in total. The van der Waals surface area contributed by atoms with Gasteiger partial charge in [-0.3, -0.25) is 0 Å². The van der Waals surface area contributed by atoms with Crippen molar-refractivity contribution >= 4 is 32.8 Å². The Labute approximate surface area is 133 Å². The third kappa shape index (κ3) is 1.96. The van der Waals surface area contributed by atoms with Crippen LogP contribution in [-0.2, 0) is 6.42 Å². The number of hydrogen-bond donors (Lipinski definition) is 0. The molecule has 0 spiro atoms. The van der Waals surface area contributed by atoms with E-state index in [-0.39, 0.29) is 0 Å². The standard InChI is InChI=1S/C20H15Br/c1-13-15-9-5-11-17(15)19(12-20(13)21)18-10-4-7-14-6-2-3-8-16(14)18/h2-10,12H,11H2,1H3. The minimum absolute atomic E-state index is 1.03. The molecule has 0 aromatic heterocycles. The summed E-state index contributed by atoms with van der Waals surface area (Å²) in [5.41, 5.74) is 6.85. The monoisotopic (exact) mass is 334 g/mol. The van der Waals surface area contributed by atoms with E-state index in [9.17, 15) is 0 Å². The van der Waals surface area contributed by atoms with Gasteiger partial charge in [-0.15, -0.1) is 0 Å². The lowest BCUT2D eigenvalue weighted by Gasteiger charge is -2.15. The number of benzene rings is 3. The zero-order valence-corrected chi connectivity index (χ0v) is 13.4. The maximum atomic E-state index is 3.73. The van der Waals surface area contributed by atoms with E-state index in [2.05, 4.69) is 83.5 Å². The van der Waals surface area contributed by atoms with E-state index in [1.165, 1.54) is 43.1 Å². The Bertz CT molecular complexity index is 882. The van der Waals surface area contributed by atoms with Gasteiger partial charge in [0.25, 0.3) is 0 Å². The second-order valence-corrected chi connectivity index (χ2v) is 6.41. The quantitative estimate of drug-likeness (QED) is 0.500. The summed E-state index contributed by atoms with van der Waals surface area (Å²) in [5.74, 6) is 0. The molecule has 0 saturated heterocycles. The molecule has 3 aromatic carbocycles. The van der Waals surface area contributed by atoms with Gasteiger partial charge in [0, 0.05) is 4.47 Å². The first-order valence-corrected chi connectivity index (χ1v) is 8.01. The van der Waals surface area contributed by atoms with E-state index in [4.69, 9.17) is 0 Å². The van der Waals surface area contributed by atoms with Crippen LogP contribution in [0, 0.1) is 6.92 Å². The molecule has 21 heavy (non-hydrogen) atoms. The van der Waals surface area contributed by atoms with Crippen molar-refractivity contribution in [2.24, 2.45) is 0 Å². The molecule has 0 nitrogen and oxygen atoms in total. The van der Waals surface area contributed by atoms with Crippen LogP contribution in [0.3, 0.4) is 0 Å². The zero-order chi connectivity index (χ0) is 14.4. The second-order valence-electron chi connectivity index (χ2n) is 5.56. The molecular formula is C20H15Br. The van der Waals surface area contributed by atoms with Gasteiger partial charge in [-0.05, 0) is 58.0 Å². The summed E-state index contributed by atoms with van der Waals surface area (Å²) in [7, 11) is 0. The molecule has 1 aliphatic carbocycles. The van der Waals surface area contributed by atoms with E-state index in [1.807, 2.05) is 0 Å². The molecule has 0 amide bonds. The lowest BCUT2D eigenvalue weighted by molar-refractivity contribution is 1.27. The molecule has 0 heterocycles. The fraction of sp³-hybridized carbons (Fsp3) is 0.100. The van der Waals surface area contributed by atoms with Gasteiger partial charge in [0.05, 0.1) is 0 Å². The Hall–Kier alpha value is -1.86. The molecule has 0 aliphatic heterocycles. The number of allylic oxidation sites excluding steroid dienone is 1. The van der Waals surface area contributed by atoms with Gasteiger partial charge < -0.3 is 0 Å². The highest BCUT2D eigenvalue weighted by atomic mass is 79.9. The first-order valence-electron chi connectivity index (χ1n) is 7.22. The Balaban J connectivity index is 2.07. The van der Waals surface area contributed by atoms with Crippen molar-refractivity contribution in [1.29, 1.82) is 0 Å². The molecule has 0 atom stereocenters. The number of hydrogen-bond acceptors (Lipinski definition) is 0. The van der Waals surface area contributed by atoms with Crippen LogP contribution in [-0.4, -0.2) is 0 Å². The van der Waals surface area contributed by atoms with E-state index in [0.717, 1.165) is 6.42 Å². The summed E-state index contributed by atoms with van der Waals surface area (Å²) in [6, 6.07) is 17.5. The molecule has 0 bridgehead atoms. The van der Waals surface area contributed by atoms with Gasteiger partial charge in [0.15, 0.2) is 0 Å². The summed E-state index contributed by atoms with van der Waals surface area (Å²) in [6.45, 7) is 2.19. The normalized spacial score (nSPS) is 12.9. The van der Waals surface area contributed by atoms with Crippen LogP contribution >= 0.6 is 15.9 Å². The number of rotatable bonds is 1. The number of halogens is 1. The summed E-state index contributed by atoms with van der Waals surface area (Å²) in [5, 5.41) is 2.62. The van der Waals surface area contributed by atoms with E-state index < -0.39 is 0 Å². The van der Waals surface area contributed by atoms with Gasteiger partial charge >= 0.3 is 0 Å². The van der Waals surface area contributed by atoms with Crippen LogP contribution in [0.2, 0.25) is 0 Å². The van der Waals surface area contributed by atoms with E-state index in [0.29, 0.717) is 0 Å². The molecule has 102 valence electrons. The van der Waals surface area contributed by atoms with E-state index in [1.54, 1.807) is 0 Å². The Morgan fingerprint density at radius 3 is 2.67 bits per heavy atom. The summed E-state index contributed by atoms with van der Waals surface area (Å²) in [6.07, 6.45) is 5.55. The zero-order valence-electron chi connectivity index (χ0n) is 11.9. The van der Waals surface area contributed by atoms with Gasteiger partial charge in [0.2, 0.25) is 0 Å². The van der Waals surface area contributed by atoms with Crippen LogP contribution < -0.4 is 0 Å². The Kier molecular flexibility index (Phi) is 2.97. The van der Waals surface area contributed by atoms with Crippen LogP contribution in [0.4, 0.5) is 0 Å². The van der Waals surface area contributed by atoms with Gasteiger partial charge in [-0.1, -0.05) is 70.5 Å². The van der Waals surface area contributed by atoms with Crippen LogP contribution in [0.1, 0.15) is 16.7 Å². The fourth-order valence-corrected chi connectivity index (χ4v) is 3.71. The molecule has 1 heteroatoms. The van der Waals surface area contributed by atoms with Crippen LogP contribution in [0.15, 0.2) is 59.1 Å². The minimum atomic E-state index is 1.03. The predicted molar refractivity (Wildman–Crippen MR) is 94.6 cm³/mol. The SMILES string of the molecule is Cc1c(Br)cc(-c2cccc3ccccc23)c2c1C=CC2. The molecule has 0 radical (unpaired) electrons. The minimum Gasteiger partial charge on any atom is -0.0795 e. The third-order valence-corrected chi connectivity index (χ3v) is 5.19. The van der Waals surface area contributed by atoms with Gasteiger partial charge in [-0.25, -0.2) is 0 Å². The lowest BCUT2D eigenvalue weighted by Crippen LogP contribution is -1.94. The van der Waals surface area contributed by atoms with Crippen molar-refractivity contribution in [3.8, 4) is 11.1 Å². The average Bonchev–Trinajstić information content (AvgIpc) is 3.00. The number of fused-ring (bicyclic) bond motifs is 2. The van der Waals surface area contributed by atoms with Crippen molar-refractivity contribution in [2.45, 2.75) is 13.3 Å². The first-order chi connectivity index (χ1) is 10.3. The molecule has 3 aromatic rings. The summed E-state index contributed by atoms with van der Waals surface area (Å²) < 4.78 is 1.19. The maximum Gasteiger partial charge on any atom is 0.0216 e. The topological polar surface area (TPSA) is 0 Å². The van der Waals surface area contributed by atoms with Crippen molar-refractivity contribution < 1.29 is 0 Å². The summed E-state index contributed by atoms with van der Waals surface area (Å²) >= 11 is 3.73. The highest BCUT2D eigenvalue weighted by Crippen LogP contribution is 2.39. The Morgan fingerprint density at radius 1 is 0.952 bits per heavy atom. The largest absolute Gasteiger partial charge is 0.0795 e. The van der Waals surface area contributed by atoms with Gasteiger partial charge in [0.1, 0.15) is 0 Å². The average molecular weight is 335 g/mol. The first kappa shape index (κ1) is 12.8. The lowest BCUT2D eigenvalue weighted by atomic mass is 9.91. The van der Waals surface area contributed by atoms with Crippen molar-refractivity contribution in [2.75, 3.05) is 0 Å². The molecule has 4 rings (SSSR count). The van der Waals surface area contributed by atoms with Crippen molar-refractivity contribution in [1.82, 2.24) is 0 Å².